The van der Waals surface area contributed by atoms with Crippen LogP contribution in [-0.4, -0.2) is 39.1 Å². The van der Waals surface area contributed by atoms with Crippen molar-refractivity contribution in [3.8, 4) is 5.75 Å². The average molecular weight is 503 g/mol. The summed E-state index contributed by atoms with van der Waals surface area (Å²) >= 11 is 5.17. The van der Waals surface area contributed by atoms with E-state index in [9.17, 15) is 24.3 Å². The van der Waals surface area contributed by atoms with Crippen molar-refractivity contribution in [1.29, 1.82) is 0 Å². The van der Waals surface area contributed by atoms with E-state index in [1.54, 1.807) is 36.4 Å². The molecule has 0 saturated carbocycles. The Labute approximate surface area is 210 Å². The van der Waals surface area contributed by atoms with E-state index in [0.717, 1.165) is 10.5 Å². The molecule has 4 rings (SSSR count). The highest BCUT2D eigenvalue weighted by molar-refractivity contribution is 7.80. The number of anilines is 1. The Balaban J connectivity index is 1.61. The molecule has 1 saturated heterocycles. The molecule has 0 bridgehead atoms. The molecular weight excluding hydrogens is 484 g/mol. The maximum atomic E-state index is 13.3. The number of hydrogen-bond acceptors (Lipinski definition) is 6. The van der Waals surface area contributed by atoms with Crippen LogP contribution in [0.1, 0.15) is 31.8 Å². The molecule has 3 aromatic carbocycles. The van der Waals surface area contributed by atoms with Gasteiger partial charge in [0.2, 0.25) is 0 Å². The van der Waals surface area contributed by atoms with Crippen molar-refractivity contribution in [2.24, 2.45) is 0 Å². The molecule has 0 radical (unpaired) electrons. The van der Waals surface area contributed by atoms with Crippen LogP contribution in [-0.2, 0) is 16.2 Å². The lowest BCUT2D eigenvalue weighted by Gasteiger charge is -2.29. The van der Waals surface area contributed by atoms with Gasteiger partial charge in [0, 0.05) is 5.56 Å². The molecule has 9 nitrogen and oxygen atoms in total. The minimum atomic E-state index is -1.17. The van der Waals surface area contributed by atoms with E-state index < -0.39 is 23.8 Å². The first kappa shape index (κ1) is 24.3. The lowest BCUT2D eigenvalue weighted by atomic mass is 10.1. The van der Waals surface area contributed by atoms with Gasteiger partial charge in [-0.15, -0.1) is 0 Å². The first-order chi connectivity index (χ1) is 17.2. The van der Waals surface area contributed by atoms with Gasteiger partial charge in [-0.05, 0) is 60.3 Å². The second kappa shape index (κ2) is 10.2. The molecule has 1 fully saturated rings. The minimum Gasteiger partial charge on any atom is -0.488 e. The lowest BCUT2D eigenvalue weighted by Crippen LogP contribution is -2.54. The normalized spacial score (nSPS) is 14.5. The predicted molar refractivity (Wildman–Crippen MR) is 134 cm³/mol. The topological polar surface area (TPSA) is 133 Å². The van der Waals surface area contributed by atoms with Gasteiger partial charge in [0.15, 0.2) is 5.11 Å². The molecule has 3 aromatic rings. The van der Waals surface area contributed by atoms with Crippen molar-refractivity contribution in [2.75, 3.05) is 4.90 Å². The zero-order chi connectivity index (χ0) is 25.8. The number of carbonyl (C=O) groups excluding carboxylic acids is 2. The van der Waals surface area contributed by atoms with Gasteiger partial charge < -0.3 is 14.9 Å². The van der Waals surface area contributed by atoms with E-state index in [1.165, 1.54) is 42.5 Å². The molecule has 0 spiro atoms. The minimum absolute atomic E-state index is 0.0411. The number of nitrogens with zero attached hydrogens (tertiary/aromatic N) is 1. The highest BCUT2D eigenvalue weighted by Crippen LogP contribution is 2.26. The van der Waals surface area contributed by atoms with Gasteiger partial charge in [-0.3, -0.25) is 19.8 Å². The number of carboxylic acids is 2. The SMILES string of the molecule is O=C1NC(=S)N(c2cccc(C(=O)O)c2)C(=O)C1=Cc1ccccc1OCc1ccc(C(=O)O)cc1. The van der Waals surface area contributed by atoms with E-state index in [-0.39, 0.29) is 34.1 Å². The van der Waals surface area contributed by atoms with Crippen LogP contribution in [0.3, 0.4) is 0 Å². The highest BCUT2D eigenvalue weighted by Gasteiger charge is 2.35. The molecule has 0 aromatic heterocycles. The standard InChI is InChI=1S/C26H18N2O7S/c29-22-20(23(30)28(26(36)27-22)19-6-3-5-18(12-19)25(33)34)13-17-4-1-2-7-21(17)35-14-15-8-10-16(11-9-15)24(31)32/h1-13H,14H2,(H,31,32)(H,33,34)(H,27,29,36). The van der Waals surface area contributed by atoms with Crippen molar-refractivity contribution in [3.63, 3.8) is 0 Å². The second-order valence-electron chi connectivity index (χ2n) is 7.64. The summed E-state index contributed by atoms with van der Waals surface area (Å²) in [6.45, 7) is 0.123. The van der Waals surface area contributed by atoms with Crippen molar-refractivity contribution >= 4 is 52.8 Å². The van der Waals surface area contributed by atoms with E-state index in [2.05, 4.69) is 5.32 Å². The average Bonchev–Trinajstić information content (AvgIpc) is 2.86. The van der Waals surface area contributed by atoms with E-state index in [0.29, 0.717) is 11.3 Å². The fourth-order valence-electron chi connectivity index (χ4n) is 3.46. The summed E-state index contributed by atoms with van der Waals surface area (Å²) in [7, 11) is 0. The van der Waals surface area contributed by atoms with Gasteiger partial charge in [-0.1, -0.05) is 36.4 Å². The smallest absolute Gasteiger partial charge is 0.335 e. The first-order valence-electron chi connectivity index (χ1n) is 10.5. The number of aromatic carboxylic acids is 2. The fraction of sp³-hybridized carbons (Fsp3) is 0.0385. The Morgan fingerprint density at radius 2 is 1.61 bits per heavy atom. The van der Waals surface area contributed by atoms with Crippen LogP contribution >= 0.6 is 12.2 Å². The summed E-state index contributed by atoms with van der Waals surface area (Å²) in [6, 6.07) is 18.6. The quantitative estimate of drug-likeness (QED) is 0.254. The molecule has 0 atom stereocenters. The Kier molecular flexibility index (Phi) is 6.88. The third kappa shape index (κ3) is 5.13. The monoisotopic (exact) mass is 502 g/mol. The third-order valence-electron chi connectivity index (χ3n) is 5.27. The van der Waals surface area contributed by atoms with Gasteiger partial charge in [0.25, 0.3) is 11.8 Å². The van der Waals surface area contributed by atoms with Gasteiger partial charge in [0.05, 0.1) is 16.8 Å². The van der Waals surface area contributed by atoms with Crippen LogP contribution in [0.5, 0.6) is 5.75 Å². The number of ether oxygens (including phenoxy) is 1. The zero-order valence-corrected chi connectivity index (χ0v) is 19.3. The van der Waals surface area contributed by atoms with Crippen molar-refractivity contribution < 1.29 is 34.1 Å². The largest absolute Gasteiger partial charge is 0.488 e. The number of amides is 2. The Bertz CT molecular complexity index is 1430. The van der Waals surface area contributed by atoms with Crippen LogP contribution in [0.25, 0.3) is 6.08 Å². The fourth-order valence-corrected chi connectivity index (χ4v) is 3.74. The molecule has 1 heterocycles. The van der Waals surface area contributed by atoms with Crippen LogP contribution in [0.4, 0.5) is 5.69 Å². The molecule has 180 valence electrons. The first-order valence-corrected chi connectivity index (χ1v) is 10.9. The summed E-state index contributed by atoms with van der Waals surface area (Å²) in [5.41, 5.74) is 1.27. The van der Waals surface area contributed by atoms with Crippen LogP contribution in [0.2, 0.25) is 0 Å². The number of rotatable bonds is 7. The molecule has 1 aliphatic rings. The number of para-hydroxylation sites is 1. The van der Waals surface area contributed by atoms with Crippen molar-refractivity contribution in [3.05, 3.63) is 101 Å². The number of benzene rings is 3. The Hall–Kier alpha value is -4.83. The maximum Gasteiger partial charge on any atom is 0.335 e. The number of hydrogen-bond donors (Lipinski definition) is 3. The van der Waals surface area contributed by atoms with Crippen LogP contribution in [0.15, 0.2) is 78.4 Å². The molecular formula is C26H18N2O7S. The summed E-state index contributed by atoms with van der Waals surface area (Å²) in [6.07, 6.45) is 1.37. The predicted octanol–water partition coefficient (Wildman–Crippen LogP) is 3.49. The molecule has 36 heavy (non-hydrogen) atoms. The summed E-state index contributed by atoms with van der Waals surface area (Å²) in [5, 5.41) is 20.6. The number of thiocarbonyl (C=S) groups is 1. The Morgan fingerprint density at radius 1 is 0.917 bits per heavy atom. The lowest BCUT2D eigenvalue weighted by molar-refractivity contribution is -0.122. The van der Waals surface area contributed by atoms with Gasteiger partial charge >= 0.3 is 11.9 Å². The summed E-state index contributed by atoms with van der Waals surface area (Å²) in [5.74, 6) is -3.23. The molecule has 10 heteroatoms. The zero-order valence-electron chi connectivity index (χ0n) is 18.5. The molecule has 0 aliphatic carbocycles. The van der Waals surface area contributed by atoms with E-state index >= 15 is 0 Å². The summed E-state index contributed by atoms with van der Waals surface area (Å²) in [4.78, 5) is 49.4. The van der Waals surface area contributed by atoms with E-state index in [1.807, 2.05) is 0 Å². The maximum absolute atomic E-state index is 13.3. The van der Waals surface area contributed by atoms with Crippen molar-refractivity contribution in [2.45, 2.75) is 6.61 Å². The molecule has 1 aliphatic heterocycles. The van der Waals surface area contributed by atoms with E-state index in [4.69, 9.17) is 22.1 Å². The number of carboxylic acid groups (broad SMARTS) is 2. The van der Waals surface area contributed by atoms with Crippen LogP contribution in [0, 0.1) is 0 Å². The number of nitrogens with one attached hydrogen (secondary N) is 1. The number of carbonyl (C=O) groups is 4. The Morgan fingerprint density at radius 3 is 2.31 bits per heavy atom. The summed E-state index contributed by atoms with van der Waals surface area (Å²) < 4.78 is 5.87. The third-order valence-corrected chi connectivity index (χ3v) is 5.55. The molecule has 2 amide bonds. The van der Waals surface area contributed by atoms with Crippen LogP contribution < -0.4 is 15.0 Å². The van der Waals surface area contributed by atoms with Gasteiger partial charge in [-0.2, -0.15) is 0 Å². The molecule has 3 N–H and O–H groups in total. The van der Waals surface area contributed by atoms with Gasteiger partial charge in [-0.25, -0.2) is 9.59 Å². The molecule has 0 unspecified atom stereocenters. The van der Waals surface area contributed by atoms with Gasteiger partial charge in [0.1, 0.15) is 17.9 Å². The second-order valence-corrected chi connectivity index (χ2v) is 8.03. The highest BCUT2D eigenvalue weighted by atomic mass is 32.1. The van der Waals surface area contributed by atoms with Crippen molar-refractivity contribution in [1.82, 2.24) is 5.32 Å².